The van der Waals surface area contributed by atoms with Gasteiger partial charge in [-0.3, -0.25) is 19.4 Å². The fourth-order valence-corrected chi connectivity index (χ4v) is 5.35. The first-order valence-corrected chi connectivity index (χ1v) is 10.7. The van der Waals surface area contributed by atoms with Gasteiger partial charge >= 0.3 is 11.9 Å². The molecule has 3 heterocycles. The van der Waals surface area contributed by atoms with Crippen molar-refractivity contribution in [3.8, 4) is 5.75 Å². The lowest BCUT2D eigenvalue weighted by Crippen LogP contribution is -2.58. The van der Waals surface area contributed by atoms with Crippen LogP contribution in [0.25, 0.3) is 0 Å². The first-order chi connectivity index (χ1) is 15.7. The summed E-state index contributed by atoms with van der Waals surface area (Å²) in [5.74, 6) is -3.36. The molecule has 33 heavy (non-hydrogen) atoms. The van der Waals surface area contributed by atoms with Gasteiger partial charge in [0.2, 0.25) is 5.41 Å². The number of carbonyl (C=O) groups excluding carboxylic acids is 3. The summed E-state index contributed by atoms with van der Waals surface area (Å²) in [7, 11) is 1.55. The smallest absolute Gasteiger partial charge is 0.330 e. The van der Waals surface area contributed by atoms with E-state index in [2.05, 4.69) is 5.10 Å². The fourth-order valence-electron chi connectivity index (χ4n) is 5.35. The molecular formula is C25H24N2O6. The highest BCUT2D eigenvalue weighted by molar-refractivity contribution is 6.07. The highest BCUT2D eigenvalue weighted by Gasteiger charge is 2.74. The number of hydrogen-bond acceptors (Lipinski definition) is 8. The Kier molecular flexibility index (Phi) is 4.60. The third-order valence-corrected chi connectivity index (χ3v) is 6.65. The number of carbonyl (C=O) groups is 3. The Morgan fingerprint density at radius 1 is 1.03 bits per heavy atom. The van der Waals surface area contributed by atoms with Crippen molar-refractivity contribution in [1.82, 2.24) is 5.01 Å². The largest absolute Gasteiger partial charge is 0.497 e. The van der Waals surface area contributed by atoms with Gasteiger partial charge in [0, 0.05) is 19.8 Å². The number of cyclic esters (lactones) is 2. The lowest BCUT2D eigenvalue weighted by atomic mass is 9.65. The number of rotatable bonds is 3. The summed E-state index contributed by atoms with van der Waals surface area (Å²) >= 11 is 0. The standard InChI is InChI=1S/C25H24N2O6/c1-14(28)20-19(15-9-11-17(31-4)12-10-15)25(22(29)32-24(2,3)33-23(25)30)21-18-8-6-5-7-16(18)13-26-27(20)21/h5-13,19-21H,1-4H3/t19-,20-,21?/m0/s1. The van der Waals surface area contributed by atoms with Gasteiger partial charge in [0.15, 0.2) is 5.78 Å². The van der Waals surface area contributed by atoms with Crippen LogP contribution in [0.4, 0.5) is 0 Å². The highest BCUT2D eigenvalue weighted by atomic mass is 16.7. The SMILES string of the molecule is COc1ccc([C@H]2[C@H](C(C)=O)N3N=Cc4ccccc4C3C23C(=O)OC(C)(C)OC3=O)cc1. The molecular weight excluding hydrogens is 424 g/mol. The first-order valence-electron chi connectivity index (χ1n) is 10.7. The van der Waals surface area contributed by atoms with Crippen LogP contribution in [0.2, 0.25) is 0 Å². The van der Waals surface area contributed by atoms with Crippen molar-refractivity contribution in [1.29, 1.82) is 0 Å². The van der Waals surface area contributed by atoms with Crippen molar-refractivity contribution in [2.45, 2.75) is 44.6 Å². The molecule has 0 N–H and O–H groups in total. The van der Waals surface area contributed by atoms with Crippen molar-refractivity contribution in [2.75, 3.05) is 7.11 Å². The third-order valence-electron chi connectivity index (χ3n) is 6.65. The lowest BCUT2D eigenvalue weighted by Gasteiger charge is -2.44. The number of ketones is 1. The third kappa shape index (κ3) is 2.90. The van der Waals surface area contributed by atoms with Gasteiger partial charge in [-0.25, -0.2) is 0 Å². The van der Waals surface area contributed by atoms with Crippen LogP contribution in [0.15, 0.2) is 53.6 Å². The van der Waals surface area contributed by atoms with E-state index in [0.29, 0.717) is 16.9 Å². The summed E-state index contributed by atoms with van der Waals surface area (Å²) in [6.07, 6.45) is 1.65. The van der Waals surface area contributed by atoms with Crippen LogP contribution in [-0.2, 0) is 23.9 Å². The van der Waals surface area contributed by atoms with E-state index in [1.807, 2.05) is 24.3 Å². The van der Waals surface area contributed by atoms with Crippen molar-refractivity contribution >= 4 is 23.9 Å². The van der Waals surface area contributed by atoms with Crippen LogP contribution in [0.1, 0.15) is 49.4 Å². The molecule has 5 rings (SSSR count). The van der Waals surface area contributed by atoms with E-state index >= 15 is 0 Å². The topological polar surface area (TPSA) is 94.5 Å². The van der Waals surface area contributed by atoms with Gasteiger partial charge in [-0.15, -0.1) is 0 Å². The predicted molar refractivity (Wildman–Crippen MR) is 118 cm³/mol. The Hall–Kier alpha value is -3.68. The van der Waals surface area contributed by atoms with Crippen LogP contribution in [-0.4, -0.2) is 47.9 Å². The molecule has 0 amide bonds. The number of benzene rings is 2. The summed E-state index contributed by atoms with van der Waals surface area (Å²) in [5, 5.41) is 6.12. The number of nitrogens with zero attached hydrogens (tertiary/aromatic N) is 2. The van der Waals surface area contributed by atoms with Crippen molar-refractivity contribution in [3.63, 3.8) is 0 Å². The summed E-state index contributed by atoms with van der Waals surface area (Å²) in [6, 6.07) is 12.6. The second kappa shape index (κ2) is 7.16. The van der Waals surface area contributed by atoms with Crippen molar-refractivity contribution in [2.24, 2.45) is 10.5 Å². The monoisotopic (exact) mass is 448 g/mol. The molecule has 0 saturated carbocycles. The minimum absolute atomic E-state index is 0.223. The molecule has 8 nitrogen and oxygen atoms in total. The zero-order chi connectivity index (χ0) is 23.5. The van der Waals surface area contributed by atoms with E-state index in [4.69, 9.17) is 14.2 Å². The van der Waals surface area contributed by atoms with Crippen LogP contribution in [0.3, 0.4) is 0 Å². The maximum Gasteiger partial charge on any atom is 0.330 e. The molecule has 3 aliphatic rings. The Bertz CT molecular complexity index is 1170. The van der Waals surface area contributed by atoms with Gasteiger partial charge in [0.1, 0.15) is 17.8 Å². The van der Waals surface area contributed by atoms with Gasteiger partial charge in [-0.1, -0.05) is 36.4 Å². The van der Waals surface area contributed by atoms with Gasteiger partial charge in [0.25, 0.3) is 5.79 Å². The quantitative estimate of drug-likeness (QED) is 0.526. The number of ether oxygens (including phenoxy) is 3. The van der Waals surface area contributed by atoms with Crippen molar-refractivity contribution in [3.05, 3.63) is 65.2 Å². The number of fused-ring (bicyclic) bond motifs is 4. The lowest BCUT2D eigenvalue weighted by molar-refractivity contribution is -0.254. The van der Waals surface area contributed by atoms with E-state index in [1.54, 1.807) is 42.6 Å². The summed E-state index contributed by atoms with van der Waals surface area (Å²) in [5.41, 5.74) is 0.269. The summed E-state index contributed by atoms with van der Waals surface area (Å²) in [6.45, 7) is 4.47. The molecule has 0 aromatic heterocycles. The van der Waals surface area contributed by atoms with Crippen LogP contribution in [0, 0.1) is 5.41 Å². The van der Waals surface area contributed by atoms with Crippen LogP contribution in [0.5, 0.6) is 5.75 Å². The Morgan fingerprint density at radius 2 is 1.67 bits per heavy atom. The Balaban J connectivity index is 1.81. The number of Topliss-reactive ketones (excluding diaryl/α,β-unsaturated/α-hetero) is 1. The molecule has 0 radical (unpaired) electrons. The second-order valence-corrected chi connectivity index (χ2v) is 9.01. The zero-order valence-electron chi connectivity index (χ0n) is 18.8. The molecule has 1 spiro atoms. The molecule has 170 valence electrons. The molecule has 3 aliphatic heterocycles. The van der Waals surface area contributed by atoms with Crippen LogP contribution >= 0.6 is 0 Å². The minimum atomic E-state index is -1.83. The van der Waals surface area contributed by atoms with E-state index in [9.17, 15) is 14.4 Å². The average molecular weight is 448 g/mol. The molecule has 1 unspecified atom stereocenters. The van der Waals surface area contributed by atoms with E-state index in [-0.39, 0.29) is 5.78 Å². The summed E-state index contributed by atoms with van der Waals surface area (Å²) in [4.78, 5) is 40.7. The second-order valence-electron chi connectivity index (χ2n) is 9.01. The molecule has 3 atom stereocenters. The van der Waals surface area contributed by atoms with E-state index in [1.165, 1.54) is 20.8 Å². The molecule has 0 aliphatic carbocycles. The number of hydrazone groups is 1. The molecule has 2 fully saturated rings. The molecule has 0 bridgehead atoms. The number of methoxy groups -OCH3 is 1. The molecule has 2 aromatic rings. The molecule has 8 heteroatoms. The number of esters is 2. The average Bonchev–Trinajstić information content (AvgIpc) is 3.10. The predicted octanol–water partition coefficient (Wildman–Crippen LogP) is 2.96. The van der Waals surface area contributed by atoms with Gasteiger partial charge in [-0.2, -0.15) is 5.10 Å². The van der Waals surface area contributed by atoms with Gasteiger partial charge in [-0.05, 0) is 35.7 Å². The highest BCUT2D eigenvalue weighted by Crippen LogP contribution is 2.62. The van der Waals surface area contributed by atoms with Gasteiger partial charge < -0.3 is 14.2 Å². The maximum absolute atomic E-state index is 13.8. The van der Waals surface area contributed by atoms with Gasteiger partial charge in [0.05, 0.1) is 13.3 Å². The van der Waals surface area contributed by atoms with Crippen molar-refractivity contribution < 1.29 is 28.6 Å². The minimum Gasteiger partial charge on any atom is -0.497 e. The molecule has 2 saturated heterocycles. The Morgan fingerprint density at radius 3 is 2.27 bits per heavy atom. The summed E-state index contributed by atoms with van der Waals surface area (Å²) < 4.78 is 16.6. The molecule has 2 aromatic carbocycles. The van der Waals surface area contributed by atoms with E-state index < -0.39 is 41.1 Å². The fraction of sp³-hybridized carbons (Fsp3) is 0.360. The van der Waals surface area contributed by atoms with E-state index in [0.717, 1.165) is 5.56 Å². The Labute approximate surface area is 191 Å². The normalized spacial score (nSPS) is 26.3. The maximum atomic E-state index is 13.8. The number of hydrogen-bond donors (Lipinski definition) is 0. The first kappa shape index (κ1) is 21.2. The van der Waals surface area contributed by atoms with Crippen LogP contribution < -0.4 is 4.74 Å². The zero-order valence-corrected chi connectivity index (χ0v) is 18.8.